The fraction of sp³-hybridized carbons (Fsp3) is 0.375. The molecule has 37 heavy (non-hydrogen) atoms. The molecule has 4 rings (SSSR count). The van der Waals surface area contributed by atoms with Crippen molar-refractivity contribution in [2.45, 2.75) is 57.9 Å². The minimum atomic E-state index is -0.264. The highest BCUT2D eigenvalue weighted by Gasteiger charge is 2.25. The first-order valence-corrected chi connectivity index (χ1v) is 13.6. The third-order valence-corrected chi connectivity index (χ3v) is 7.36. The van der Waals surface area contributed by atoms with Gasteiger partial charge in [0.25, 0.3) is 5.91 Å². The van der Waals surface area contributed by atoms with Gasteiger partial charge in [-0.15, -0.1) is 0 Å². The van der Waals surface area contributed by atoms with Crippen LogP contribution in [0.3, 0.4) is 0 Å². The molecular formula is C32H39N3O2. The summed E-state index contributed by atoms with van der Waals surface area (Å²) >= 11 is 0. The number of nitrogens with one attached hydrogen (secondary N) is 1. The third kappa shape index (κ3) is 7.30. The number of nitrogens with two attached hydrogens (primary N) is 1. The number of rotatable bonds is 12. The van der Waals surface area contributed by atoms with E-state index >= 15 is 0 Å². The Morgan fingerprint density at radius 1 is 0.919 bits per heavy atom. The molecule has 1 aliphatic rings. The molecule has 3 N–H and O–H groups in total. The van der Waals surface area contributed by atoms with Crippen molar-refractivity contribution in [1.29, 1.82) is 0 Å². The molecule has 0 aliphatic heterocycles. The number of benzene rings is 3. The predicted molar refractivity (Wildman–Crippen MR) is 150 cm³/mol. The van der Waals surface area contributed by atoms with E-state index in [9.17, 15) is 9.59 Å². The molecule has 0 saturated carbocycles. The quantitative estimate of drug-likeness (QED) is 0.339. The van der Waals surface area contributed by atoms with Gasteiger partial charge in [-0.3, -0.25) is 9.59 Å². The van der Waals surface area contributed by atoms with E-state index in [-0.39, 0.29) is 11.8 Å². The summed E-state index contributed by atoms with van der Waals surface area (Å²) in [7, 11) is 0. The molecule has 1 unspecified atom stereocenters. The Morgan fingerprint density at radius 2 is 1.68 bits per heavy atom. The topological polar surface area (TPSA) is 75.4 Å². The fourth-order valence-electron chi connectivity index (χ4n) is 5.48. The molecule has 0 fully saturated rings. The van der Waals surface area contributed by atoms with Crippen molar-refractivity contribution in [3.63, 3.8) is 0 Å². The number of fused-ring (bicyclic) bond motifs is 1. The number of hydrogen-bond donors (Lipinski definition) is 2. The van der Waals surface area contributed by atoms with Crippen LogP contribution in [-0.2, 0) is 24.1 Å². The van der Waals surface area contributed by atoms with Crippen molar-refractivity contribution >= 4 is 11.8 Å². The third-order valence-electron chi connectivity index (χ3n) is 7.36. The molecule has 0 bridgehead atoms. The number of nitrogens with zero attached hydrogens (tertiary/aromatic N) is 1. The van der Waals surface area contributed by atoms with Gasteiger partial charge in [-0.1, -0.05) is 67.6 Å². The first-order chi connectivity index (χ1) is 18.0. The first-order valence-electron chi connectivity index (χ1n) is 13.6. The highest BCUT2D eigenvalue weighted by atomic mass is 16.2. The zero-order valence-corrected chi connectivity index (χ0v) is 21.9. The standard InChI is InChI=1S/C32H39N3O2/c1-2-20-35(29-17-18-30-27(22-29)11-8-12-28(30)23-31(33)36)21-7-6-19-34-32(37)26-15-13-25(14-16-26)24-9-4-3-5-10-24/h3-5,8-16,29H,2,6-7,17-23H2,1H3,(H2,33,36)(H,34,37). The summed E-state index contributed by atoms with van der Waals surface area (Å²) in [6.45, 7) is 5.04. The van der Waals surface area contributed by atoms with Gasteiger partial charge >= 0.3 is 0 Å². The van der Waals surface area contributed by atoms with Crippen molar-refractivity contribution in [3.05, 3.63) is 95.1 Å². The zero-order valence-electron chi connectivity index (χ0n) is 21.9. The second-order valence-corrected chi connectivity index (χ2v) is 10.0. The number of carbonyl (C=O) groups is 2. The molecule has 1 aliphatic carbocycles. The molecule has 2 amide bonds. The summed E-state index contributed by atoms with van der Waals surface area (Å²) in [5.74, 6) is -0.278. The van der Waals surface area contributed by atoms with Crippen molar-refractivity contribution in [2.24, 2.45) is 5.73 Å². The molecule has 0 aromatic heterocycles. The molecule has 0 spiro atoms. The second-order valence-electron chi connectivity index (χ2n) is 10.0. The molecular weight excluding hydrogens is 458 g/mol. The summed E-state index contributed by atoms with van der Waals surface area (Å²) in [6, 6.07) is 24.8. The van der Waals surface area contributed by atoms with Gasteiger partial charge in [0.1, 0.15) is 0 Å². The Morgan fingerprint density at radius 3 is 2.41 bits per heavy atom. The van der Waals surface area contributed by atoms with Crippen LogP contribution < -0.4 is 11.1 Å². The van der Waals surface area contributed by atoms with Crippen LogP contribution in [0.4, 0.5) is 0 Å². The summed E-state index contributed by atoms with van der Waals surface area (Å²) in [6.07, 6.45) is 6.60. The number of primary amides is 1. The fourth-order valence-corrected chi connectivity index (χ4v) is 5.48. The highest BCUT2D eigenvalue weighted by molar-refractivity contribution is 5.94. The number of hydrogen-bond acceptors (Lipinski definition) is 3. The van der Waals surface area contributed by atoms with E-state index in [1.54, 1.807) is 0 Å². The molecule has 0 saturated heterocycles. The van der Waals surface area contributed by atoms with Crippen molar-refractivity contribution in [2.75, 3.05) is 19.6 Å². The summed E-state index contributed by atoms with van der Waals surface area (Å²) in [5, 5.41) is 3.08. The Labute approximate surface area is 221 Å². The largest absolute Gasteiger partial charge is 0.369 e. The zero-order chi connectivity index (χ0) is 26.0. The molecule has 5 nitrogen and oxygen atoms in total. The van der Waals surface area contributed by atoms with E-state index in [1.165, 1.54) is 11.1 Å². The van der Waals surface area contributed by atoms with Crippen LogP contribution >= 0.6 is 0 Å². The average molecular weight is 498 g/mol. The maximum absolute atomic E-state index is 12.6. The second kappa shape index (κ2) is 13.2. The predicted octanol–water partition coefficient (Wildman–Crippen LogP) is 5.16. The van der Waals surface area contributed by atoms with E-state index in [0.717, 1.165) is 68.3 Å². The van der Waals surface area contributed by atoms with Crippen LogP contribution in [0.1, 0.15) is 59.7 Å². The van der Waals surface area contributed by atoms with Crippen LogP contribution in [0.2, 0.25) is 0 Å². The average Bonchev–Trinajstić information content (AvgIpc) is 2.92. The van der Waals surface area contributed by atoms with Crippen molar-refractivity contribution in [3.8, 4) is 11.1 Å². The lowest BCUT2D eigenvalue weighted by molar-refractivity contribution is -0.117. The minimum Gasteiger partial charge on any atom is -0.369 e. The van der Waals surface area contributed by atoms with Crippen molar-refractivity contribution < 1.29 is 9.59 Å². The van der Waals surface area contributed by atoms with Crippen LogP contribution in [-0.4, -0.2) is 42.4 Å². The number of amides is 2. The Balaban J connectivity index is 1.23. The van der Waals surface area contributed by atoms with Crippen LogP contribution in [0.25, 0.3) is 11.1 Å². The summed E-state index contributed by atoms with van der Waals surface area (Å²) in [5.41, 5.74) is 12.2. The number of carbonyl (C=O) groups excluding carboxylic acids is 2. The summed E-state index contributed by atoms with van der Waals surface area (Å²) < 4.78 is 0. The lowest BCUT2D eigenvalue weighted by Gasteiger charge is -2.36. The van der Waals surface area contributed by atoms with Gasteiger partial charge in [0.2, 0.25) is 5.91 Å². The van der Waals surface area contributed by atoms with E-state index in [2.05, 4.69) is 41.4 Å². The van der Waals surface area contributed by atoms with Gasteiger partial charge in [0.05, 0.1) is 6.42 Å². The maximum atomic E-state index is 12.6. The highest BCUT2D eigenvalue weighted by Crippen LogP contribution is 2.28. The van der Waals surface area contributed by atoms with E-state index in [0.29, 0.717) is 24.6 Å². The Kier molecular flexibility index (Phi) is 9.50. The molecule has 1 atom stereocenters. The van der Waals surface area contributed by atoms with Crippen LogP contribution in [0.15, 0.2) is 72.8 Å². The van der Waals surface area contributed by atoms with Gasteiger partial charge in [-0.2, -0.15) is 0 Å². The molecule has 0 radical (unpaired) electrons. The van der Waals surface area contributed by atoms with E-state index in [1.807, 2.05) is 48.5 Å². The van der Waals surface area contributed by atoms with Crippen LogP contribution in [0.5, 0.6) is 0 Å². The Bertz CT molecular complexity index is 1170. The first kappa shape index (κ1) is 26.6. The smallest absolute Gasteiger partial charge is 0.251 e. The lowest BCUT2D eigenvalue weighted by atomic mass is 9.84. The number of unbranched alkanes of at least 4 members (excludes halogenated alkanes) is 1. The Hall–Kier alpha value is -3.44. The van der Waals surface area contributed by atoms with Crippen LogP contribution in [0, 0.1) is 0 Å². The van der Waals surface area contributed by atoms with E-state index < -0.39 is 0 Å². The lowest BCUT2D eigenvalue weighted by Crippen LogP contribution is -2.41. The van der Waals surface area contributed by atoms with Crippen molar-refractivity contribution in [1.82, 2.24) is 10.2 Å². The van der Waals surface area contributed by atoms with Gasteiger partial charge in [-0.05, 0) is 91.6 Å². The van der Waals surface area contributed by atoms with E-state index in [4.69, 9.17) is 5.73 Å². The normalized spacial score (nSPS) is 14.8. The molecule has 3 aromatic rings. The van der Waals surface area contributed by atoms with Gasteiger partial charge in [0.15, 0.2) is 0 Å². The van der Waals surface area contributed by atoms with Gasteiger partial charge in [-0.25, -0.2) is 0 Å². The molecule has 0 heterocycles. The maximum Gasteiger partial charge on any atom is 0.251 e. The van der Waals surface area contributed by atoms with Gasteiger partial charge in [0, 0.05) is 18.2 Å². The monoisotopic (exact) mass is 497 g/mol. The SMILES string of the molecule is CCCN(CCCCNC(=O)c1ccc(-c2ccccc2)cc1)C1CCc2c(CC(N)=O)cccc2C1. The molecule has 5 heteroatoms. The molecule has 3 aromatic carbocycles. The minimum absolute atomic E-state index is 0.0133. The molecule has 194 valence electrons. The summed E-state index contributed by atoms with van der Waals surface area (Å²) in [4.78, 5) is 26.7. The van der Waals surface area contributed by atoms with Gasteiger partial charge < -0.3 is 16.0 Å².